The van der Waals surface area contributed by atoms with E-state index >= 15 is 0 Å². The van der Waals surface area contributed by atoms with E-state index in [1.165, 1.54) is 17.0 Å². The number of ether oxygens (including phenoxy) is 1. The van der Waals surface area contributed by atoms with Gasteiger partial charge in [-0.15, -0.1) is 0 Å². The first kappa shape index (κ1) is 35.3. The van der Waals surface area contributed by atoms with Crippen LogP contribution in [0.5, 0.6) is 11.5 Å². The smallest absolute Gasteiger partial charge is 0.264 e. The maximum Gasteiger partial charge on any atom is 0.264 e. The van der Waals surface area contributed by atoms with Crippen molar-refractivity contribution in [3.8, 4) is 11.5 Å². The first-order valence-corrected chi connectivity index (χ1v) is 18.2. The van der Waals surface area contributed by atoms with Crippen LogP contribution in [-0.2, 0) is 26.2 Å². The van der Waals surface area contributed by atoms with Gasteiger partial charge in [0, 0.05) is 28.2 Å². The van der Waals surface area contributed by atoms with E-state index in [4.69, 9.17) is 27.9 Å². The molecule has 48 heavy (non-hydrogen) atoms. The quantitative estimate of drug-likeness (QED) is 0.151. The second kappa shape index (κ2) is 15.9. The van der Waals surface area contributed by atoms with Crippen LogP contribution in [0.15, 0.2) is 102 Å². The summed E-state index contributed by atoms with van der Waals surface area (Å²) in [4.78, 5) is 29.6. The number of hydrogen-bond donors (Lipinski definition) is 1. The Bertz CT molecular complexity index is 1790. The van der Waals surface area contributed by atoms with Gasteiger partial charge in [-0.1, -0.05) is 84.9 Å². The number of nitrogens with zero attached hydrogens (tertiary/aromatic N) is 2. The highest BCUT2D eigenvalue weighted by Gasteiger charge is 2.35. The Labute approximate surface area is 292 Å². The summed E-state index contributed by atoms with van der Waals surface area (Å²) in [5.41, 5.74) is 1.61. The average molecular weight is 709 g/mol. The van der Waals surface area contributed by atoms with Crippen molar-refractivity contribution in [3.63, 3.8) is 0 Å². The maximum absolute atomic E-state index is 14.5. The molecule has 4 aromatic carbocycles. The fourth-order valence-electron chi connectivity index (χ4n) is 5.81. The molecule has 1 aliphatic rings. The summed E-state index contributed by atoms with van der Waals surface area (Å²) in [7, 11) is -4.24. The number of aryl methyl sites for hydroxylation is 1. The van der Waals surface area contributed by atoms with E-state index in [1.807, 2.05) is 44.2 Å². The summed E-state index contributed by atoms with van der Waals surface area (Å²) < 4.78 is 35.5. The number of anilines is 1. The normalized spacial score (nSPS) is 13.9. The molecule has 1 atom stereocenters. The lowest BCUT2D eigenvalue weighted by Gasteiger charge is -2.34. The van der Waals surface area contributed by atoms with Crippen molar-refractivity contribution in [1.82, 2.24) is 10.2 Å². The number of carbonyl (C=O) groups excluding carboxylic acids is 2. The highest BCUT2D eigenvalue weighted by Crippen LogP contribution is 2.31. The topological polar surface area (TPSA) is 96.0 Å². The molecule has 0 spiro atoms. The molecule has 0 saturated heterocycles. The molecule has 0 radical (unpaired) electrons. The van der Waals surface area contributed by atoms with Crippen molar-refractivity contribution in [2.75, 3.05) is 10.8 Å². The van der Waals surface area contributed by atoms with Crippen LogP contribution in [0.4, 0.5) is 5.69 Å². The van der Waals surface area contributed by atoms with Gasteiger partial charge >= 0.3 is 0 Å². The molecule has 0 aromatic heterocycles. The van der Waals surface area contributed by atoms with Gasteiger partial charge in [0.05, 0.1) is 10.6 Å². The molecule has 1 aliphatic carbocycles. The van der Waals surface area contributed by atoms with Crippen molar-refractivity contribution >= 4 is 50.7 Å². The molecule has 1 saturated carbocycles. The largest absolute Gasteiger partial charge is 0.457 e. The minimum atomic E-state index is -4.24. The van der Waals surface area contributed by atoms with E-state index in [-0.39, 0.29) is 29.1 Å². The molecule has 0 unspecified atom stereocenters. The monoisotopic (exact) mass is 707 g/mol. The molecule has 8 nitrogen and oxygen atoms in total. The Morgan fingerprint density at radius 2 is 1.46 bits per heavy atom. The van der Waals surface area contributed by atoms with Gasteiger partial charge in [0.25, 0.3) is 10.0 Å². The third kappa shape index (κ3) is 8.50. The van der Waals surface area contributed by atoms with Crippen LogP contribution in [0.1, 0.15) is 50.2 Å². The number of para-hydroxylation sites is 1. The lowest BCUT2D eigenvalue weighted by molar-refractivity contribution is -0.140. The summed E-state index contributed by atoms with van der Waals surface area (Å²) in [6.45, 7) is 3.02. The number of sulfonamides is 1. The van der Waals surface area contributed by atoms with Crippen molar-refractivity contribution < 1.29 is 22.7 Å². The van der Waals surface area contributed by atoms with Crippen molar-refractivity contribution in [2.24, 2.45) is 0 Å². The van der Waals surface area contributed by atoms with Crippen LogP contribution >= 0.6 is 23.2 Å². The number of nitrogens with one attached hydrogen (secondary N) is 1. The SMILES string of the molecule is CC[C@@H](C(=O)NC1CCCC1)N(Cc1c(Cl)cccc1Cl)C(=O)CN(c1ccc(Oc2ccccc2)cc1)S(=O)(=O)c1ccc(C)cc1. The molecule has 11 heteroatoms. The van der Waals surface area contributed by atoms with Gasteiger partial charge in [-0.2, -0.15) is 0 Å². The van der Waals surface area contributed by atoms with Gasteiger partial charge in [-0.3, -0.25) is 13.9 Å². The second-order valence-electron chi connectivity index (χ2n) is 11.9. The summed E-state index contributed by atoms with van der Waals surface area (Å²) in [5, 5.41) is 3.78. The molecule has 0 heterocycles. The zero-order chi connectivity index (χ0) is 34.3. The van der Waals surface area contributed by atoms with E-state index in [2.05, 4.69) is 5.32 Å². The zero-order valence-electron chi connectivity index (χ0n) is 26.9. The van der Waals surface area contributed by atoms with Gasteiger partial charge in [0.1, 0.15) is 24.1 Å². The Balaban J connectivity index is 1.51. The van der Waals surface area contributed by atoms with Crippen molar-refractivity contribution in [2.45, 2.75) is 69.5 Å². The Morgan fingerprint density at radius 3 is 2.06 bits per heavy atom. The molecule has 2 amide bonds. The predicted molar refractivity (Wildman–Crippen MR) is 190 cm³/mol. The van der Waals surface area contributed by atoms with E-state index in [1.54, 1.807) is 54.6 Å². The summed E-state index contributed by atoms with van der Waals surface area (Å²) in [6, 6.07) is 26.3. The standard InChI is InChI=1S/C37H39Cl2N3O5S/c1-3-35(37(44)40-27-10-7-8-11-27)41(24-32-33(38)14-9-15-34(32)39)36(43)25-42(48(45,46)31-22-16-26(2)17-23-31)28-18-20-30(21-19-28)47-29-12-5-4-6-13-29/h4-6,9,12-23,27,35H,3,7-8,10-11,24-25H2,1-2H3,(H,40,44)/t35-/m0/s1. The van der Waals surface area contributed by atoms with Crippen LogP contribution in [0.2, 0.25) is 10.0 Å². The number of carbonyl (C=O) groups is 2. The van der Waals surface area contributed by atoms with Gasteiger partial charge in [-0.05, 0) is 86.8 Å². The maximum atomic E-state index is 14.5. The molecular formula is C37H39Cl2N3O5S. The lowest BCUT2D eigenvalue weighted by Crippen LogP contribution is -2.53. The third-order valence-electron chi connectivity index (χ3n) is 8.47. The Kier molecular flexibility index (Phi) is 11.7. The van der Waals surface area contributed by atoms with Crippen LogP contribution < -0.4 is 14.4 Å². The summed E-state index contributed by atoms with van der Waals surface area (Å²) >= 11 is 13.1. The summed E-state index contributed by atoms with van der Waals surface area (Å²) in [6.07, 6.45) is 4.10. The van der Waals surface area contributed by atoms with Crippen molar-refractivity contribution in [1.29, 1.82) is 0 Å². The minimum Gasteiger partial charge on any atom is -0.457 e. The van der Waals surface area contributed by atoms with Crippen LogP contribution in [0.25, 0.3) is 0 Å². The number of rotatable bonds is 13. The average Bonchev–Trinajstić information content (AvgIpc) is 3.59. The van der Waals surface area contributed by atoms with E-state index < -0.39 is 28.5 Å². The number of hydrogen-bond acceptors (Lipinski definition) is 5. The fraction of sp³-hybridized carbons (Fsp3) is 0.297. The first-order valence-electron chi connectivity index (χ1n) is 16.0. The van der Waals surface area contributed by atoms with Gasteiger partial charge in [-0.25, -0.2) is 8.42 Å². The Morgan fingerprint density at radius 1 is 0.854 bits per heavy atom. The second-order valence-corrected chi connectivity index (χ2v) is 14.5. The van der Waals surface area contributed by atoms with Gasteiger partial charge < -0.3 is 15.0 Å². The number of benzene rings is 4. The van der Waals surface area contributed by atoms with Crippen LogP contribution in [-0.4, -0.2) is 43.8 Å². The van der Waals surface area contributed by atoms with Gasteiger partial charge in [0.2, 0.25) is 11.8 Å². The van der Waals surface area contributed by atoms with Crippen LogP contribution in [0.3, 0.4) is 0 Å². The Hall–Kier alpha value is -4.05. The highest BCUT2D eigenvalue weighted by atomic mass is 35.5. The fourth-order valence-corrected chi connectivity index (χ4v) is 7.74. The number of amides is 2. The first-order chi connectivity index (χ1) is 23.1. The number of halogens is 2. The third-order valence-corrected chi connectivity index (χ3v) is 11.0. The predicted octanol–water partition coefficient (Wildman–Crippen LogP) is 8.16. The summed E-state index contributed by atoms with van der Waals surface area (Å²) in [5.74, 6) is 0.240. The van der Waals surface area contributed by atoms with E-state index in [9.17, 15) is 18.0 Å². The molecule has 1 fully saturated rings. The molecule has 0 aliphatic heterocycles. The molecule has 1 N–H and O–H groups in total. The van der Waals surface area contributed by atoms with Crippen molar-refractivity contribution in [3.05, 3.63) is 118 Å². The molecule has 5 rings (SSSR count). The lowest BCUT2D eigenvalue weighted by atomic mass is 10.1. The van der Waals surface area contributed by atoms with E-state index in [0.717, 1.165) is 35.6 Å². The minimum absolute atomic E-state index is 0.0252. The highest BCUT2D eigenvalue weighted by molar-refractivity contribution is 7.92. The molecular weight excluding hydrogens is 669 g/mol. The molecule has 252 valence electrons. The zero-order valence-corrected chi connectivity index (χ0v) is 29.3. The molecule has 0 bridgehead atoms. The molecule has 4 aromatic rings. The van der Waals surface area contributed by atoms with E-state index in [0.29, 0.717) is 33.5 Å². The van der Waals surface area contributed by atoms with Crippen LogP contribution in [0, 0.1) is 6.92 Å². The van der Waals surface area contributed by atoms with Gasteiger partial charge in [0.15, 0.2) is 0 Å².